The zero-order valence-electron chi connectivity index (χ0n) is 10.1. The molecule has 2 rings (SSSR count). The van der Waals surface area contributed by atoms with Gasteiger partial charge in [-0.1, -0.05) is 24.4 Å². The lowest BCUT2D eigenvalue weighted by atomic mass is 10.3. The highest BCUT2D eigenvalue weighted by Gasteiger charge is 2.16. The fourth-order valence-corrected chi connectivity index (χ4v) is 3.01. The quantitative estimate of drug-likeness (QED) is 0.791. The number of halogens is 2. The monoisotopic (exact) mass is 347 g/mol. The summed E-state index contributed by atoms with van der Waals surface area (Å²) in [4.78, 5) is 4.37. The third-order valence-electron chi connectivity index (χ3n) is 3.03. The molecule has 1 heterocycles. The van der Waals surface area contributed by atoms with Gasteiger partial charge in [-0.15, -0.1) is 0 Å². The zero-order valence-corrected chi connectivity index (χ0v) is 13.3. The zero-order chi connectivity index (χ0) is 13.1. The smallest absolute Gasteiger partial charge is 0.172 e. The van der Waals surface area contributed by atoms with E-state index in [1.165, 1.54) is 25.7 Å². The first kappa shape index (κ1) is 14.0. The van der Waals surface area contributed by atoms with Gasteiger partial charge in [0.1, 0.15) is 5.82 Å². The molecule has 2 N–H and O–H groups in total. The van der Waals surface area contributed by atoms with E-state index in [9.17, 15) is 0 Å². The second-order valence-electron chi connectivity index (χ2n) is 4.47. The molecule has 1 saturated carbocycles. The Labute approximate surface area is 126 Å². The predicted molar refractivity (Wildman–Crippen MR) is 83.3 cm³/mol. The molecular weight excluding hydrogens is 334 g/mol. The summed E-state index contributed by atoms with van der Waals surface area (Å²) in [5.74, 6) is 0.701. The Morgan fingerprint density at radius 1 is 1.50 bits per heavy atom. The Balaban J connectivity index is 2.00. The fraction of sp³-hybridized carbons (Fsp3) is 0.500. The molecule has 0 bridgehead atoms. The number of anilines is 1. The topological polar surface area (TPSA) is 37.0 Å². The van der Waals surface area contributed by atoms with Crippen LogP contribution in [0.5, 0.6) is 0 Å². The largest absolute Gasteiger partial charge is 0.360 e. The van der Waals surface area contributed by atoms with E-state index in [1.807, 2.05) is 13.0 Å². The molecule has 3 nitrogen and oxygen atoms in total. The first-order chi connectivity index (χ1) is 8.56. The van der Waals surface area contributed by atoms with Crippen LogP contribution in [0.25, 0.3) is 0 Å². The van der Waals surface area contributed by atoms with Crippen LogP contribution in [0, 0.1) is 6.92 Å². The van der Waals surface area contributed by atoms with Gasteiger partial charge < -0.3 is 10.6 Å². The molecule has 0 unspecified atom stereocenters. The van der Waals surface area contributed by atoms with Crippen LogP contribution in [0.3, 0.4) is 0 Å². The lowest BCUT2D eigenvalue weighted by molar-refractivity contribution is 0.634. The van der Waals surface area contributed by atoms with Gasteiger partial charge in [0.25, 0.3) is 0 Å². The molecule has 0 atom stereocenters. The Bertz CT molecular complexity index is 461. The van der Waals surface area contributed by atoms with E-state index in [2.05, 4.69) is 31.5 Å². The van der Waals surface area contributed by atoms with E-state index in [1.54, 1.807) is 0 Å². The van der Waals surface area contributed by atoms with Crippen LogP contribution >= 0.6 is 39.7 Å². The number of hydrogen-bond donors (Lipinski definition) is 2. The highest BCUT2D eigenvalue weighted by atomic mass is 79.9. The number of rotatable bonds is 2. The molecule has 0 aromatic carbocycles. The van der Waals surface area contributed by atoms with Crippen molar-refractivity contribution < 1.29 is 0 Å². The molecule has 1 aliphatic carbocycles. The molecular formula is C12H15BrClN3S. The molecule has 1 aromatic rings. The lowest BCUT2D eigenvalue weighted by Gasteiger charge is -2.16. The van der Waals surface area contributed by atoms with Crippen LogP contribution in [-0.4, -0.2) is 16.1 Å². The fourth-order valence-electron chi connectivity index (χ4n) is 2.05. The third-order valence-corrected chi connectivity index (χ3v) is 4.23. The van der Waals surface area contributed by atoms with Gasteiger partial charge in [0, 0.05) is 6.04 Å². The van der Waals surface area contributed by atoms with Crippen LogP contribution < -0.4 is 10.6 Å². The van der Waals surface area contributed by atoms with E-state index in [0.717, 1.165) is 10.2 Å². The van der Waals surface area contributed by atoms with Crippen LogP contribution in [-0.2, 0) is 0 Å². The average Bonchev–Trinajstić information content (AvgIpc) is 2.78. The summed E-state index contributed by atoms with van der Waals surface area (Å²) in [6, 6.07) is 2.32. The van der Waals surface area contributed by atoms with Crippen molar-refractivity contribution in [1.82, 2.24) is 10.3 Å². The van der Waals surface area contributed by atoms with E-state index in [-0.39, 0.29) is 0 Å². The standard InChI is InChI=1S/C12H15BrClN3S/c1-7-10(14)6-9(13)11(15-7)17-12(18)16-8-4-2-3-5-8/h6,8H,2-5H2,1H3,(H2,15,16,17,18). The number of hydrogen-bond acceptors (Lipinski definition) is 2. The summed E-state index contributed by atoms with van der Waals surface area (Å²) in [6.45, 7) is 1.87. The first-order valence-corrected chi connectivity index (χ1v) is 7.54. The van der Waals surface area contributed by atoms with Gasteiger partial charge in [-0.3, -0.25) is 0 Å². The Morgan fingerprint density at radius 2 is 2.17 bits per heavy atom. The van der Waals surface area contributed by atoms with Gasteiger partial charge in [0.05, 0.1) is 15.2 Å². The van der Waals surface area contributed by atoms with Gasteiger partial charge in [0.2, 0.25) is 0 Å². The molecule has 98 valence electrons. The van der Waals surface area contributed by atoms with E-state index in [4.69, 9.17) is 23.8 Å². The van der Waals surface area contributed by atoms with Gasteiger partial charge in [-0.25, -0.2) is 4.98 Å². The summed E-state index contributed by atoms with van der Waals surface area (Å²) in [6.07, 6.45) is 4.94. The predicted octanol–water partition coefficient (Wildman–Crippen LogP) is 4.03. The molecule has 1 fully saturated rings. The molecule has 0 amide bonds. The normalized spacial score (nSPS) is 15.7. The van der Waals surface area contributed by atoms with Gasteiger partial charge in [-0.05, 0) is 54.0 Å². The number of aromatic nitrogens is 1. The van der Waals surface area contributed by atoms with Crippen molar-refractivity contribution >= 4 is 50.7 Å². The minimum atomic E-state index is 0.497. The maximum Gasteiger partial charge on any atom is 0.172 e. The minimum Gasteiger partial charge on any atom is -0.360 e. The highest BCUT2D eigenvalue weighted by Crippen LogP contribution is 2.26. The van der Waals surface area contributed by atoms with Crippen LogP contribution in [0.2, 0.25) is 5.02 Å². The molecule has 1 aliphatic rings. The van der Waals surface area contributed by atoms with Crippen molar-refractivity contribution in [3.63, 3.8) is 0 Å². The van der Waals surface area contributed by atoms with Crippen molar-refractivity contribution in [2.45, 2.75) is 38.6 Å². The first-order valence-electron chi connectivity index (χ1n) is 5.96. The van der Waals surface area contributed by atoms with Crippen molar-refractivity contribution in [1.29, 1.82) is 0 Å². The third kappa shape index (κ3) is 3.56. The Hall–Kier alpha value is -0.390. The van der Waals surface area contributed by atoms with E-state index in [0.29, 0.717) is 22.0 Å². The molecule has 6 heteroatoms. The second-order valence-corrected chi connectivity index (χ2v) is 6.14. The SMILES string of the molecule is Cc1nc(NC(=S)NC2CCCC2)c(Br)cc1Cl. The summed E-state index contributed by atoms with van der Waals surface area (Å²) in [7, 11) is 0. The number of aryl methyl sites for hydroxylation is 1. The lowest BCUT2D eigenvalue weighted by Crippen LogP contribution is -2.36. The van der Waals surface area contributed by atoms with Gasteiger partial charge >= 0.3 is 0 Å². The summed E-state index contributed by atoms with van der Waals surface area (Å²) >= 11 is 14.7. The number of thiocarbonyl (C=S) groups is 1. The summed E-state index contributed by atoms with van der Waals surface area (Å²) < 4.78 is 0.814. The second kappa shape index (κ2) is 6.17. The number of pyridine rings is 1. The van der Waals surface area contributed by atoms with Crippen molar-refractivity contribution in [2.75, 3.05) is 5.32 Å². The van der Waals surface area contributed by atoms with Gasteiger partial charge in [0.15, 0.2) is 5.11 Å². The molecule has 0 spiro atoms. The van der Waals surface area contributed by atoms with Crippen LogP contribution in [0.1, 0.15) is 31.4 Å². The van der Waals surface area contributed by atoms with Crippen LogP contribution in [0.15, 0.2) is 10.5 Å². The number of nitrogens with zero attached hydrogens (tertiary/aromatic N) is 1. The maximum atomic E-state index is 5.99. The summed E-state index contributed by atoms with van der Waals surface area (Å²) in [5.41, 5.74) is 0.783. The van der Waals surface area contributed by atoms with E-state index < -0.39 is 0 Å². The molecule has 0 radical (unpaired) electrons. The van der Waals surface area contributed by atoms with Crippen molar-refractivity contribution in [3.05, 3.63) is 21.3 Å². The Kier molecular flexibility index (Phi) is 4.81. The Morgan fingerprint density at radius 3 is 2.83 bits per heavy atom. The van der Waals surface area contributed by atoms with Crippen molar-refractivity contribution in [2.24, 2.45) is 0 Å². The molecule has 1 aromatic heterocycles. The molecule has 18 heavy (non-hydrogen) atoms. The summed E-state index contributed by atoms with van der Waals surface area (Å²) in [5, 5.41) is 7.69. The highest BCUT2D eigenvalue weighted by molar-refractivity contribution is 9.10. The van der Waals surface area contributed by atoms with E-state index >= 15 is 0 Å². The molecule has 0 aliphatic heterocycles. The number of nitrogens with one attached hydrogen (secondary N) is 2. The maximum absolute atomic E-state index is 5.99. The molecule has 0 saturated heterocycles. The minimum absolute atomic E-state index is 0.497. The average molecular weight is 349 g/mol. The van der Waals surface area contributed by atoms with Crippen molar-refractivity contribution in [3.8, 4) is 0 Å². The van der Waals surface area contributed by atoms with Gasteiger partial charge in [-0.2, -0.15) is 0 Å². The van der Waals surface area contributed by atoms with Crippen LogP contribution in [0.4, 0.5) is 5.82 Å².